The zero-order valence-electron chi connectivity index (χ0n) is 15.2. The van der Waals surface area contributed by atoms with Gasteiger partial charge in [-0.2, -0.15) is 0 Å². The van der Waals surface area contributed by atoms with Crippen molar-refractivity contribution in [1.29, 1.82) is 0 Å². The lowest BCUT2D eigenvalue weighted by Gasteiger charge is -2.27. The van der Waals surface area contributed by atoms with E-state index in [0.29, 0.717) is 0 Å². The van der Waals surface area contributed by atoms with Gasteiger partial charge in [0, 0.05) is 30.9 Å². The second kappa shape index (κ2) is 7.67. The molecule has 2 heterocycles. The summed E-state index contributed by atoms with van der Waals surface area (Å²) in [5.74, 6) is 0. The monoisotopic (exact) mass is 340 g/mol. The molecule has 0 unspecified atom stereocenters. The van der Waals surface area contributed by atoms with Crippen molar-refractivity contribution in [1.82, 2.24) is 9.88 Å². The summed E-state index contributed by atoms with van der Waals surface area (Å²) in [7, 11) is 0. The van der Waals surface area contributed by atoms with Gasteiger partial charge in [0.15, 0.2) is 0 Å². The Labute approximate surface area is 155 Å². The van der Waals surface area contributed by atoms with Gasteiger partial charge < -0.3 is 0 Å². The lowest BCUT2D eigenvalue weighted by Crippen LogP contribution is -2.29. The molecule has 1 aliphatic heterocycles. The van der Waals surface area contributed by atoms with Crippen LogP contribution in [0.1, 0.15) is 23.4 Å². The van der Waals surface area contributed by atoms with Crippen LogP contribution in [0.25, 0.3) is 16.7 Å². The number of hydrogen-bond acceptors (Lipinski definition) is 2. The van der Waals surface area contributed by atoms with Crippen LogP contribution in [0.4, 0.5) is 0 Å². The first kappa shape index (κ1) is 16.7. The molecule has 0 radical (unpaired) electrons. The van der Waals surface area contributed by atoms with Gasteiger partial charge in [-0.1, -0.05) is 72.8 Å². The van der Waals surface area contributed by atoms with E-state index in [2.05, 4.69) is 90.7 Å². The van der Waals surface area contributed by atoms with Crippen molar-refractivity contribution in [3.8, 4) is 11.1 Å². The summed E-state index contributed by atoms with van der Waals surface area (Å²) >= 11 is 0. The topological polar surface area (TPSA) is 16.1 Å². The summed E-state index contributed by atoms with van der Waals surface area (Å²) in [6.07, 6.45) is 3.44. The fourth-order valence-corrected chi connectivity index (χ4v) is 3.63. The number of hydrogen-bond donors (Lipinski definition) is 0. The second-order valence-corrected chi connectivity index (χ2v) is 6.91. The van der Waals surface area contributed by atoms with E-state index in [4.69, 9.17) is 4.98 Å². The van der Waals surface area contributed by atoms with E-state index >= 15 is 0 Å². The zero-order valence-corrected chi connectivity index (χ0v) is 15.2. The molecule has 2 aromatic carbocycles. The van der Waals surface area contributed by atoms with Crippen LogP contribution in [-0.4, -0.2) is 23.0 Å². The van der Waals surface area contributed by atoms with E-state index in [-0.39, 0.29) is 0 Å². The normalized spacial score (nSPS) is 14.9. The maximum absolute atomic E-state index is 4.92. The van der Waals surface area contributed by atoms with Crippen LogP contribution in [0.3, 0.4) is 0 Å². The summed E-state index contributed by atoms with van der Waals surface area (Å²) < 4.78 is 0. The molecule has 3 aromatic rings. The Morgan fingerprint density at radius 3 is 2.35 bits per heavy atom. The third-order valence-corrected chi connectivity index (χ3v) is 4.98. The van der Waals surface area contributed by atoms with Crippen LogP contribution in [-0.2, 0) is 6.54 Å². The van der Waals surface area contributed by atoms with Gasteiger partial charge in [-0.3, -0.25) is 9.88 Å². The zero-order chi connectivity index (χ0) is 17.8. The Kier molecular flexibility index (Phi) is 4.94. The van der Waals surface area contributed by atoms with Gasteiger partial charge >= 0.3 is 0 Å². The van der Waals surface area contributed by atoms with E-state index in [1.54, 1.807) is 0 Å². The molecule has 0 N–H and O–H groups in total. The largest absolute Gasteiger partial charge is 0.294 e. The van der Waals surface area contributed by atoms with Crippen molar-refractivity contribution >= 4 is 5.57 Å². The Bertz CT molecular complexity index is 898. The fourth-order valence-electron chi connectivity index (χ4n) is 3.63. The molecule has 2 nitrogen and oxygen atoms in total. The van der Waals surface area contributed by atoms with E-state index in [1.165, 1.54) is 22.3 Å². The Balaban J connectivity index is 1.52. The van der Waals surface area contributed by atoms with Crippen LogP contribution in [0.2, 0.25) is 0 Å². The molecular formula is C24H24N2. The Morgan fingerprint density at radius 1 is 0.885 bits per heavy atom. The average Bonchev–Trinajstić information content (AvgIpc) is 2.69. The predicted octanol–water partition coefficient (Wildman–Crippen LogP) is 5.35. The molecule has 26 heavy (non-hydrogen) atoms. The highest BCUT2D eigenvalue weighted by Gasteiger charge is 2.16. The highest BCUT2D eigenvalue weighted by atomic mass is 15.1. The molecule has 0 saturated heterocycles. The summed E-state index contributed by atoms with van der Waals surface area (Å²) in [5, 5.41) is 0. The molecule has 0 bridgehead atoms. The molecule has 0 amide bonds. The van der Waals surface area contributed by atoms with Crippen LogP contribution in [0.15, 0.2) is 78.9 Å². The molecule has 130 valence electrons. The first-order valence-corrected chi connectivity index (χ1v) is 9.28. The van der Waals surface area contributed by atoms with Gasteiger partial charge in [0.25, 0.3) is 0 Å². The van der Waals surface area contributed by atoms with Crippen molar-refractivity contribution in [2.24, 2.45) is 0 Å². The van der Waals surface area contributed by atoms with E-state index in [1.807, 2.05) is 0 Å². The van der Waals surface area contributed by atoms with Gasteiger partial charge in [-0.05, 0) is 36.1 Å². The maximum atomic E-state index is 4.92. The molecule has 4 rings (SSSR count). The molecule has 0 atom stereocenters. The quantitative estimate of drug-likeness (QED) is 0.637. The lowest BCUT2D eigenvalue weighted by atomic mass is 10.0. The highest BCUT2D eigenvalue weighted by Crippen LogP contribution is 2.26. The molecule has 2 heteroatoms. The van der Waals surface area contributed by atoms with Gasteiger partial charge in [0.1, 0.15) is 0 Å². The van der Waals surface area contributed by atoms with Crippen LogP contribution in [0.5, 0.6) is 0 Å². The molecule has 0 aliphatic carbocycles. The van der Waals surface area contributed by atoms with Crippen molar-refractivity contribution in [3.05, 3.63) is 95.8 Å². The third kappa shape index (κ3) is 3.76. The number of aryl methyl sites for hydroxylation is 1. The van der Waals surface area contributed by atoms with Crippen molar-refractivity contribution in [3.63, 3.8) is 0 Å². The number of aromatic nitrogens is 1. The molecule has 1 aliphatic rings. The summed E-state index contributed by atoms with van der Waals surface area (Å²) in [4.78, 5) is 7.43. The highest BCUT2D eigenvalue weighted by molar-refractivity contribution is 5.70. The summed E-state index contributed by atoms with van der Waals surface area (Å²) in [6.45, 7) is 5.18. The minimum Gasteiger partial charge on any atom is -0.294 e. The van der Waals surface area contributed by atoms with E-state index in [9.17, 15) is 0 Å². The number of benzene rings is 2. The van der Waals surface area contributed by atoms with Gasteiger partial charge in [-0.25, -0.2) is 0 Å². The molecule has 0 spiro atoms. The minimum atomic E-state index is 0.964. The van der Waals surface area contributed by atoms with Gasteiger partial charge in [-0.15, -0.1) is 0 Å². The molecule has 0 fully saturated rings. The SMILES string of the molecule is Cc1nc(C2=CCCN(Cc3ccccc3)C2)ccc1-c1ccccc1. The van der Waals surface area contributed by atoms with E-state index in [0.717, 1.165) is 37.4 Å². The standard InChI is InChI=1S/C24H24N2/c1-19-23(21-11-6-3-7-12-21)14-15-24(25-19)22-13-8-16-26(18-22)17-20-9-4-2-5-10-20/h2-7,9-15H,8,16-18H2,1H3. The minimum absolute atomic E-state index is 0.964. The van der Waals surface area contributed by atoms with Crippen molar-refractivity contribution < 1.29 is 0 Å². The predicted molar refractivity (Wildman–Crippen MR) is 109 cm³/mol. The van der Waals surface area contributed by atoms with Gasteiger partial charge in [0.2, 0.25) is 0 Å². The third-order valence-electron chi connectivity index (χ3n) is 4.98. The van der Waals surface area contributed by atoms with Crippen LogP contribution < -0.4 is 0 Å². The van der Waals surface area contributed by atoms with Crippen LogP contribution >= 0.6 is 0 Å². The smallest absolute Gasteiger partial charge is 0.0675 e. The summed E-state index contributed by atoms with van der Waals surface area (Å²) in [6, 6.07) is 25.6. The Hall–Kier alpha value is -2.71. The number of rotatable bonds is 4. The number of nitrogens with zero attached hydrogens (tertiary/aromatic N) is 2. The fraction of sp³-hybridized carbons (Fsp3) is 0.208. The molecular weight excluding hydrogens is 316 g/mol. The van der Waals surface area contributed by atoms with Gasteiger partial charge in [0.05, 0.1) is 5.69 Å². The molecule has 1 aromatic heterocycles. The van der Waals surface area contributed by atoms with Crippen molar-refractivity contribution in [2.75, 3.05) is 13.1 Å². The van der Waals surface area contributed by atoms with Crippen LogP contribution in [0, 0.1) is 6.92 Å². The maximum Gasteiger partial charge on any atom is 0.0675 e. The van der Waals surface area contributed by atoms with E-state index < -0.39 is 0 Å². The second-order valence-electron chi connectivity index (χ2n) is 6.91. The first-order valence-electron chi connectivity index (χ1n) is 9.28. The Morgan fingerprint density at radius 2 is 1.62 bits per heavy atom. The first-order chi connectivity index (χ1) is 12.8. The number of pyridine rings is 1. The lowest BCUT2D eigenvalue weighted by molar-refractivity contribution is 0.296. The van der Waals surface area contributed by atoms with Crippen molar-refractivity contribution in [2.45, 2.75) is 19.9 Å². The summed E-state index contributed by atoms with van der Waals surface area (Å²) in [5.41, 5.74) is 7.36. The average molecular weight is 340 g/mol. The molecule has 0 saturated carbocycles.